The van der Waals surface area contributed by atoms with Crippen LogP contribution >= 0.6 is 11.3 Å². The van der Waals surface area contributed by atoms with Gasteiger partial charge in [0.1, 0.15) is 5.01 Å². The number of nitrogens with zero attached hydrogens (tertiary/aromatic N) is 3. The smallest absolute Gasteiger partial charge is 0.227 e. The van der Waals surface area contributed by atoms with Crippen LogP contribution in [0.2, 0.25) is 0 Å². The normalized spacial score (nSPS) is 10.7. The molecule has 32 heavy (non-hydrogen) atoms. The lowest BCUT2D eigenvalue weighted by Crippen LogP contribution is -2.35. The van der Waals surface area contributed by atoms with Gasteiger partial charge in [0.15, 0.2) is 0 Å². The van der Waals surface area contributed by atoms with E-state index in [2.05, 4.69) is 34.6 Å². The molecule has 1 heterocycles. The lowest BCUT2D eigenvalue weighted by molar-refractivity contribution is -0.131. The quantitative estimate of drug-likeness (QED) is 0.441. The van der Waals surface area contributed by atoms with Crippen molar-refractivity contribution in [3.63, 3.8) is 0 Å². The van der Waals surface area contributed by atoms with Gasteiger partial charge >= 0.3 is 0 Å². The monoisotopic (exact) mass is 450 g/mol. The van der Waals surface area contributed by atoms with Crippen LogP contribution in [0.15, 0.2) is 54.6 Å². The topological polar surface area (TPSA) is 75.2 Å². The molecule has 168 valence electrons. The van der Waals surface area contributed by atoms with E-state index in [-0.39, 0.29) is 18.2 Å². The van der Waals surface area contributed by atoms with Crippen LogP contribution in [0.3, 0.4) is 0 Å². The molecule has 1 aromatic heterocycles. The summed E-state index contributed by atoms with van der Waals surface area (Å²) in [5, 5.41) is 12.4. The number of amides is 2. The van der Waals surface area contributed by atoms with E-state index in [9.17, 15) is 9.59 Å². The summed E-state index contributed by atoms with van der Waals surface area (Å²) in [6.07, 6.45) is 3.35. The molecule has 0 spiro atoms. The highest BCUT2D eigenvalue weighted by Crippen LogP contribution is 2.26. The minimum atomic E-state index is -0.162. The molecule has 0 fully saturated rings. The van der Waals surface area contributed by atoms with Crippen molar-refractivity contribution in [3.8, 4) is 10.6 Å². The first-order valence-corrected chi connectivity index (χ1v) is 11.9. The highest BCUT2D eigenvalue weighted by Gasteiger charge is 2.16. The molecular formula is C25H30N4O2S. The first-order valence-electron chi connectivity index (χ1n) is 11.1. The lowest BCUT2D eigenvalue weighted by atomic mass is 10.1. The van der Waals surface area contributed by atoms with Crippen LogP contribution in [0.25, 0.3) is 10.6 Å². The van der Waals surface area contributed by atoms with Crippen LogP contribution < -0.4 is 5.32 Å². The number of benzene rings is 2. The summed E-state index contributed by atoms with van der Waals surface area (Å²) in [5.74, 6) is -0.0572. The third-order valence-corrected chi connectivity index (χ3v) is 6.04. The molecule has 7 heteroatoms. The standard InChI is InChI=1S/C25H30N4O2S/c1-3-4-13-23(31)29(16-14-20-10-6-5-7-11-20)17-15-22(30)26-25-28-27-24(32-25)21-12-8-9-19(2)18-21/h5-12,18H,3-4,13-17H2,1-2H3,(H,26,28,30). The molecule has 6 nitrogen and oxygen atoms in total. The van der Waals surface area contributed by atoms with Crippen LogP contribution in [0.5, 0.6) is 0 Å². The van der Waals surface area contributed by atoms with Crippen molar-refractivity contribution in [2.45, 2.75) is 46.0 Å². The van der Waals surface area contributed by atoms with Crippen molar-refractivity contribution in [1.82, 2.24) is 15.1 Å². The van der Waals surface area contributed by atoms with E-state index in [0.29, 0.717) is 24.6 Å². The minimum Gasteiger partial charge on any atom is -0.342 e. The Hall–Kier alpha value is -3.06. The summed E-state index contributed by atoms with van der Waals surface area (Å²) in [5.41, 5.74) is 3.31. The van der Waals surface area contributed by atoms with Gasteiger partial charge in [-0.1, -0.05) is 78.8 Å². The second kappa shape index (κ2) is 12.1. The van der Waals surface area contributed by atoms with Gasteiger partial charge in [-0.15, -0.1) is 10.2 Å². The molecule has 0 saturated heterocycles. The van der Waals surface area contributed by atoms with Crippen molar-refractivity contribution >= 4 is 28.3 Å². The highest BCUT2D eigenvalue weighted by molar-refractivity contribution is 7.18. The molecule has 0 saturated carbocycles. The van der Waals surface area contributed by atoms with E-state index in [1.165, 1.54) is 16.9 Å². The summed E-state index contributed by atoms with van der Waals surface area (Å²) in [4.78, 5) is 27.0. The highest BCUT2D eigenvalue weighted by atomic mass is 32.1. The zero-order chi connectivity index (χ0) is 22.8. The molecule has 0 aliphatic rings. The predicted octanol–water partition coefficient (Wildman–Crippen LogP) is 5.10. The largest absolute Gasteiger partial charge is 0.342 e. The third-order valence-electron chi connectivity index (χ3n) is 5.16. The third kappa shape index (κ3) is 7.27. The Bertz CT molecular complexity index is 1020. The maximum Gasteiger partial charge on any atom is 0.227 e. The van der Waals surface area contributed by atoms with Crippen molar-refractivity contribution in [3.05, 3.63) is 65.7 Å². The molecule has 0 radical (unpaired) electrons. The lowest BCUT2D eigenvalue weighted by Gasteiger charge is -2.22. The van der Waals surface area contributed by atoms with Gasteiger partial charge in [0, 0.05) is 31.5 Å². The molecule has 2 aromatic carbocycles. The summed E-state index contributed by atoms with van der Waals surface area (Å²) < 4.78 is 0. The van der Waals surface area contributed by atoms with E-state index in [1.54, 1.807) is 4.90 Å². The number of unbranched alkanes of at least 4 members (excludes halogenated alkanes) is 1. The van der Waals surface area contributed by atoms with Gasteiger partial charge in [-0.25, -0.2) is 0 Å². The molecule has 2 amide bonds. The number of carbonyl (C=O) groups is 2. The van der Waals surface area contributed by atoms with E-state index in [1.807, 2.05) is 49.4 Å². The number of carbonyl (C=O) groups excluding carboxylic acids is 2. The van der Waals surface area contributed by atoms with Crippen LogP contribution in [0, 0.1) is 6.92 Å². The summed E-state index contributed by atoms with van der Waals surface area (Å²) in [6.45, 7) is 5.10. The zero-order valence-electron chi connectivity index (χ0n) is 18.7. The summed E-state index contributed by atoms with van der Waals surface area (Å²) in [6, 6.07) is 18.1. The Morgan fingerprint density at radius 3 is 2.56 bits per heavy atom. The van der Waals surface area contributed by atoms with Crippen molar-refractivity contribution < 1.29 is 9.59 Å². The van der Waals surface area contributed by atoms with Gasteiger partial charge in [-0.3, -0.25) is 9.59 Å². The summed E-state index contributed by atoms with van der Waals surface area (Å²) >= 11 is 1.35. The van der Waals surface area contributed by atoms with Crippen LogP contribution in [-0.4, -0.2) is 40.0 Å². The second-order valence-electron chi connectivity index (χ2n) is 7.80. The fourth-order valence-electron chi connectivity index (χ4n) is 3.34. The average Bonchev–Trinajstić information content (AvgIpc) is 3.26. The van der Waals surface area contributed by atoms with Crippen LogP contribution in [0.4, 0.5) is 5.13 Å². The SMILES string of the molecule is CCCCC(=O)N(CCC(=O)Nc1nnc(-c2cccc(C)c2)s1)CCc1ccccc1. The molecule has 3 rings (SSSR count). The Morgan fingerprint density at radius 2 is 1.81 bits per heavy atom. The number of hydrogen-bond acceptors (Lipinski definition) is 5. The maximum atomic E-state index is 12.7. The molecule has 1 N–H and O–H groups in total. The van der Waals surface area contributed by atoms with E-state index in [4.69, 9.17) is 0 Å². The maximum absolute atomic E-state index is 12.7. The number of anilines is 1. The Kier molecular flexibility index (Phi) is 8.92. The van der Waals surface area contributed by atoms with E-state index >= 15 is 0 Å². The van der Waals surface area contributed by atoms with Crippen molar-refractivity contribution in [2.24, 2.45) is 0 Å². The van der Waals surface area contributed by atoms with Crippen molar-refractivity contribution in [1.29, 1.82) is 0 Å². The van der Waals surface area contributed by atoms with Gasteiger partial charge < -0.3 is 10.2 Å². The fraction of sp³-hybridized carbons (Fsp3) is 0.360. The average molecular weight is 451 g/mol. The van der Waals surface area contributed by atoms with Gasteiger partial charge in [0.05, 0.1) is 0 Å². The zero-order valence-corrected chi connectivity index (χ0v) is 19.5. The Morgan fingerprint density at radius 1 is 1.00 bits per heavy atom. The Labute approximate surface area is 193 Å². The van der Waals surface area contributed by atoms with Gasteiger partial charge in [0.25, 0.3) is 0 Å². The van der Waals surface area contributed by atoms with E-state index in [0.717, 1.165) is 35.4 Å². The molecule has 0 unspecified atom stereocenters. The molecule has 3 aromatic rings. The summed E-state index contributed by atoms with van der Waals surface area (Å²) in [7, 11) is 0. The van der Waals surface area contributed by atoms with Gasteiger partial charge in [-0.05, 0) is 31.4 Å². The van der Waals surface area contributed by atoms with Gasteiger partial charge in [-0.2, -0.15) is 0 Å². The number of aromatic nitrogens is 2. The minimum absolute atomic E-state index is 0.105. The van der Waals surface area contributed by atoms with Crippen LogP contribution in [0.1, 0.15) is 43.7 Å². The molecule has 0 aliphatic heterocycles. The number of nitrogens with one attached hydrogen (secondary N) is 1. The number of hydrogen-bond donors (Lipinski definition) is 1. The fourth-order valence-corrected chi connectivity index (χ4v) is 4.10. The molecule has 0 bridgehead atoms. The Balaban J connectivity index is 1.55. The molecule has 0 atom stereocenters. The molecular weight excluding hydrogens is 420 g/mol. The second-order valence-corrected chi connectivity index (χ2v) is 8.78. The number of rotatable bonds is 11. The van der Waals surface area contributed by atoms with E-state index < -0.39 is 0 Å². The van der Waals surface area contributed by atoms with Gasteiger partial charge in [0.2, 0.25) is 16.9 Å². The first kappa shape index (κ1) is 23.6. The van der Waals surface area contributed by atoms with Crippen LogP contribution in [-0.2, 0) is 16.0 Å². The molecule has 0 aliphatic carbocycles. The number of aryl methyl sites for hydroxylation is 1. The predicted molar refractivity (Wildman–Crippen MR) is 130 cm³/mol. The van der Waals surface area contributed by atoms with Crippen molar-refractivity contribution in [2.75, 3.05) is 18.4 Å². The first-order chi connectivity index (χ1) is 15.5.